The van der Waals surface area contributed by atoms with Gasteiger partial charge in [0.15, 0.2) is 0 Å². The van der Waals surface area contributed by atoms with Gasteiger partial charge in [-0.15, -0.1) is 5.10 Å². The normalized spacial score (nSPS) is 9.59. The summed E-state index contributed by atoms with van der Waals surface area (Å²) in [4.78, 5) is 4.17. The van der Waals surface area contributed by atoms with E-state index in [0.717, 1.165) is 5.69 Å². The molecule has 17 heavy (non-hydrogen) atoms. The molecule has 0 aliphatic heterocycles. The SMILES string of the molecule is N#Cc1ccnnc1OCCc1ccccn1. The maximum absolute atomic E-state index is 8.82. The van der Waals surface area contributed by atoms with Gasteiger partial charge in [0.1, 0.15) is 11.6 Å². The van der Waals surface area contributed by atoms with Gasteiger partial charge in [-0.2, -0.15) is 10.4 Å². The average Bonchev–Trinajstić information content (AvgIpc) is 2.40. The van der Waals surface area contributed by atoms with E-state index in [1.807, 2.05) is 24.3 Å². The lowest BCUT2D eigenvalue weighted by molar-refractivity contribution is 0.303. The Hall–Kier alpha value is -2.48. The van der Waals surface area contributed by atoms with Crippen LogP contribution in [-0.4, -0.2) is 21.8 Å². The summed E-state index contributed by atoms with van der Waals surface area (Å²) in [5.74, 6) is 0.269. The molecule has 0 atom stereocenters. The van der Waals surface area contributed by atoms with Crippen molar-refractivity contribution in [1.29, 1.82) is 5.26 Å². The van der Waals surface area contributed by atoms with E-state index in [1.54, 1.807) is 12.3 Å². The lowest BCUT2D eigenvalue weighted by Gasteiger charge is -2.04. The summed E-state index contributed by atoms with van der Waals surface area (Å²) in [6, 6.07) is 9.28. The van der Waals surface area contributed by atoms with E-state index < -0.39 is 0 Å². The van der Waals surface area contributed by atoms with Gasteiger partial charge in [0.25, 0.3) is 5.88 Å². The highest BCUT2D eigenvalue weighted by Crippen LogP contribution is 2.11. The standard InChI is InChI=1S/C12H10N4O/c13-9-10-4-7-15-16-12(10)17-8-5-11-3-1-2-6-14-11/h1-4,6-7H,5,8H2. The lowest BCUT2D eigenvalue weighted by Crippen LogP contribution is -2.05. The van der Waals surface area contributed by atoms with Crippen LogP contribution in [0.25, 0.3) is 0 Å². The predicted molar refractivity (Wildman–Crippen MR) is 60.2 cm³/mol. The minimum atomic E-state index is 0.269. The Morgan fingerprint density at radius 3 is 2.94 bits per heavy atom. The number of hydrogen-bond donors (Lipinski definition) is 0. The van der Waals surface area contributed by atoms with Crippen LogP contribution >= 0.6 is 0 Å². The van der Waals surface area contributed by atoms with Crippen molar-refractivity contribution in [3.05, 3.63) is 47.9 Å². The monoisotopic (exact) mass is 226 g/mol. The van der Waals surface area contributed by atoms with Crippen molar-refractivity contribution in [2.75, 3.05) is 6.61 Å². The molecule has 2 aromatic rings. The smallest absolute Gasteiger partial charge is 0.251 e. The van der Waals surface area contributed by atoms with E-state index in [1.165, 1.54) is 6.20 Å². The Morgan fingerprint density at radius 1 is 1.24 bits per heavy atom. The summed E-state index contributed by atoms with van der Waals surface area (Å²) >= 11 is 0. The van der Waals surface area contributed by atoms with Crippen LogP contribution in [0.1, 0.15) is 11.3 Å². The summed E-state index contributed by atoms with van der Waals surface area (Å²) < 4.78 is 5.40. The van der Waals surface area contributed by atoms with Crippen LogP contribution in [0.5, 0.6) is 5.88 Å². The molecule has 0 N–H and O–H groups in total. The zero-order valence-electron chi connectivity index (χ0n) is 9.08. The third-order valence-electron chi connectivity index (χ3n) is 2.13. The first-order chi connectivity index (χ1) is 8.40. The Labute approximate surface area is 98.7 Å². The third-order valence-corrected chi connectivity index (χ3v) is 2.13. The quantitative estimate of drug-likeness (QED) is 0.787. The zero-order chi connectivity index (χ0) is 11.9. The second kappa shape index (κ2) is 5.56. The van der Waals surface area contributed by atoms with Crippen LogP contribution in [0.2, 0.25) is 0 Å². The van der Waals surface area contributed by atoms with Crippen LogP contribution in [0.4, 0.5) is 0 Å². The molecule has 0 aromatic carbocycles. The van der Waals surface area contributed by atoms with Gasteiger partial charge in [-0.25, -0.2) is 0 Å². The molecular weight excluding hydrogens is 216 g/mol. The Kier molecular flexibility index (Phi) is 3.61. The highest BCUT2D eigenvalue weighted by atomic mass is 16.5. The number of ether oxygens (including phenoxy) is 1. The van der Waals surface area contributed by atoms with Gasteiger partial charge >= 0.3 is 0 Å². The van der Waals surface area contributed by atoms with Gasteiger partial charge in [-0.3, -0.25) is 4.98 Å². The fraction of sp³-hybridized carbons (Fsp3) is 0.167. The molecule has 0 spiro atoms. The first-order valence-electron chi connectivity index (χ1n) is 5.14. The van der Waals surface area contributed by atoms with Crippen molar-refractivity contribution in [3.8, 4) is 11.9 Å². The summed E-state index contributed by atoms with van der Waals surface area (Å²) in [6.07, 6.45) is 3.87. The lowest BCUT2D eigenvalue weighted by atomic mass is 10.3. The number of pyridine rings is 1. The Morgan fingerprint density at radius 2 is 2.18 bits per heavy atom. The number of aromatic nitrogens is 3. The maximum atomic E-state index is 8.82. The molecule has 2 rings (SSSR count). The average molecular weight is 226 g/mol. The summed E-state index contributed by atoms with van der Waals surface area (Å²) in [6.45, 7) is 0.421. The van der Waals surface area contributed by atoms with Gasteiger partial charge < -0.3 is 4.74 Å². The maximum Gasteiger partial charge on any atom is 0.251 e. The van der Waals surface area contributed by atoms with Crippen molar-refractivity contribution < 1.29 is 4.74 Å². The zero-order valence-corrected chi connectivity index (χ0v) is 9.08. The second-order valence-corrected chi connectivity index (χ2v) is 3.28. The minimum Gasteiger partial charge on any atom is -0.475 e. The molecule has 0 fully saturated rings. The fourth-order valence-electron chi connectivity index (χ4n) is 1.31. The van der Waals surface area contributed by atoms with Crippen LogP contribution in [-0.2, 0) is 6.42 Å². The molecule has 5 nitrogen and oxygen atoms in total. The third kappa shape index (κ3) is 2.98. The fourth-order valence-corrected chi connectivity index (χ4v) is 1.31. The minimum absolute atomic E-state index is 0.269. The van der Waals surface area contributed by atoms with Crippen molar-refractivity contribution >= 4 is 0 Å². The van der Waals surface area contributed by atoms with Crippen molar-refractivity contribution in [2.24, 2.45) is 0 Å². The van der Waals surface area contributed by atoms with E-state index in [9.17, 15) is 0 Å². The molecule has 0 bridgehead atoms. The highest BCUT2D eigenvalue weighted by molar-refractivity contribution is 5.35. The van der Waals surface area contributed by atoms with Crippen LogP contribution in [0, 0.1) is 11.3 Å². The largest absolute Gasteiger partial charge is 0.475 e. The van der Waals surface area contributed by atoms with E-state index >= 15 is 0 Å². The van der Waals surface area contributed by atoms with Crippen molar-refractivity contribution in [1.82, 2.24) is 15.2 Å². The summed E-state index contributed by atoms with van der Waals surface area (Å²) in [5.41, 5.74) is 1.33. The first-order valence-corrected chi connectivity index (χ1v) is 5.14. The number of hydrogen-bond acceptors (Lipinski definition) is 5. The number of nitriles is 1. The molecule has 0 amide bonds. The molecule has 0 aliphatic rings. The van der Waals surface area contributed by atoms with Gasteiger partial charge in [-0.05, 0) is 18.2 Å². The first kappa shape index (κ1) is 11.0. The molecule has 2 aromatic heterocycles. The number of rotatable bonds is 4. The van der Waals surface area contributed by atoms with Crippen LogP contribution in [0.3, 0.4) is 0 Å². The molecular formula is C12H10N4O. The molecule has 0 saturated carbocycles. The molecule has 0 unspecified atom stereocenters. The van der Waals surface area contributed by atoms with Crippen molar-refractivity contribution in [2.45, 2.75) is 6.42 Å². The molecule has 0 radical (unpaired) electrons. The Balaban J connectivity index is 1.93. The molecule has 2 heterocycles. The van der Waals surface area contributed by atoms with Gasteiger partial charge in [0, 0.05) is 18.3 Å². The second-order valence-electron chi connectivity index (χ2n) is 3.28. The summed E-state index contributed by atoms with van der Waals surface area (Å²) in [5, 5.41) is 16.3. The topological polar surface area (TPSA) is 71.7 Å². The summed E-state index contributed by atoms with van der Waals surface area (Å²) in [7, 11) is 0. The number of nitrogens with zero attached hydrogens (tertiary/aromatic N) is 4. The van der Waals surface area contributed by atoms with Crippen molar-refractivity contribution in [3.63, 3.8) is 0 Å². The Bertz CT molecular complexity index is 522. The van der Waals surface area contributed by atoms with Gasteiger partial charge in [0.2, 0.25) is 0 Å². The van der Waals surface area contributed by atoms with E-state index in [4.69, 9.17) is 10.00 Å². The van der Waals surface area contributed by atoms with Gasteiger partial charge in [-0.1, -0.05) is 6.07 Å². The molecule has 5 heteroatoms. The van der Waals surface area contributed by atoms with E-state index in [2.05, 4.69) is 15.2 Å². The highest BCUT2D eigenvalue weighted by Gasteiger charge is 2.04. The van der Waals surface area contributed by atoms with Crippen LogP contribution < -0.4 is 4.74 Å². The van der Waals surface area contributed by atoms with Crippen LogP contribution in [0.15, 0.2) is 36.7 Å². The predicted octanol–water partition coefficient (Wildman–Crippen LogP) is 1.36. The van der Waals surface area contributed by atoms with Gasteiger partial charge in [0.05, 0.1) is 12.8 Å². The molecule has 0 saturated heterocycles. The van der Waals surface area contributed by atoms with E-state index in [-0.39, 0.29) is 5.88 Å². The molecule has 84 valence electrons. The molecule has 0 aliphatic carbocycles. The van der Waals surface area contributed by atoms with E-state index in [0.29, 0.717) is 18.6 Å².